The third-order valence-electron chi connectivity index (χ3n) is 3.26. The van der Waals surface area contributed by atoms with Gasteiger partial charge in [-0.05, 0) is 35.9 Å². The molecule has 2 rings (SSSR count). The van der Waals surface area contributed by atoms with Crippen LogP contribution in [0.5, 0.6) is 0 Å². The molecule has 1 heteroatoms. The van der Waals surface area contributed by atoms with Gasteiger partial charge in [0.1, 0.15) is 0 Å². The van der Waals surface area contributed by atoms with E-state index in [4.69, 9.17) is 0 Å². The van der Waals surface area contributed by atoms with E-state index in [9.17, 15) is 0 Å². The van der Waals surface area contributed by atoms with E-state index in [0.717, 1.165) is 12.5 Å². The highest BCUT2D eigenvalue weighted by atomic mass is 14.9. The number of benzene rings is 1. The van der Waals surface area contributed by atoms with Gasteiger partial charge < -0.3 is 5.32 Å². The fourth-order valence-corrected chi connectivity index (χ4v) is 2.46. The van der Waals surface area contributed by atoms with Crippen LogP contribution in [0.3, 0.4) is 0 Å². The first kappa shape index (κ1) is 10.7. The minimum absolute atomic E-state index is 0.582. The fraction of sp³-hybridized carbons (Fsp3) is 0.571. The van der Waals surface area contributed by atoms with E-state index < -0.39 is 0 Å². The van der Waals surface area contributed by atoms with Crippen LogP contribution in [0.15, 0.2) is 24.3 Å². The Morgan fingerprint density at radius 1 is 1.27 bits per heavy atom. The van der Waals surface area contributed by atoms with Crippen LogP contribution < -0.4 is 5.32 Å². The summed E-state index contributed by atoms with van der Waals surface area (Å²) in [6.45, 7) is 7.97. The molecule has 0 aromatic heterocycles. The number of fused-ring (bicyclic) bond motifs is 1. The zero-order valence-corrected chi connectivity index (χ0v) is 9.96. The summed E-state index contributed by atoms with van der Waals surface area (Å²) in [6.07, 6.45) is 1.26. The van der Waals surface area contributed by atoms with Crippen molar-refractivity contribution in [1.29, 1.82) is 0 Å². The van der Waals surface area contributed by atoms with Crippen molar-refractivity contribution >= 4 is 0 Å². The molecule has 0 spiro atoms. The molecule has 0 aliphatic heterocycles. The highest BCUT2D eigenvalue weighted by molar-refractivity contribution is 5.37. The van der Waals surface area contributed by atoms with Crippen molar-refractivity contribution in [3.8, 4) is 0 Å². The molecule has 1 aromatic rings. The summed E-state index contributed by atoms with van der Waals surface area (Å²) < 4.78 is 0. The molecule has 1 aliphatic rings. The van der Waals surface area contributed by atoms with Gasteiger partial charge in [0.15, 0.2) is 0 Å². The van der Waals surface area contributed by atoms with Crippen molar-refractivity contribution in [2.45, 2.75) is 39.2 Å². The van der Waals surface area contributed by atoms with Gasteiger partial charge in [0.05, 0.1) is 0 Å². The van der Waals surface area contributed by atoms with Crippen LogP contribution in [0.1, 0.15) is 50.3 Å². The highest BCUT2D eigenvalue weighted by Crippen LogP contribution is 2.39. The molecule has 0 fully saturated rings. The Morgan fingerprint density at radius 2 is 1.93 bits per heavy atom. The van der Waals surface area contributed by atoms with Crippen molar-refractivity contribution < 1.29 is 0 Å². The smallest absolute Gasteiger partial charge is 0.0328 e. The van der Waals surface area contributed by atoms with Gasteiger partial charge in [-0.1, -0.05) is 45.0 Å². The van der Waals surface area contributed by atoms with Crippen molar-refractivity contribution in [1.82, 2.24) is 5.32 Å². The fourth-order valence-electron chi connectivity index (χ4n) is 2.46. The Kier molecular flexibility index (Phi) is 3.11. The second-order valence-electron chi connectivity index (χ2n) is 5.12. The maximum Gasteiger partial charge on any atom is 0.0328 e. The molecule has 0 saturated heterocycles. The van der Waals surface area contributed by atoms with Gasteiger partial charge in [0.25, 0.3) is 0 Å². The number of nitrogens with one attached hydrogen (secondary N) is 1. The summed E-state index contributed by atoms with van der Waals surface area (Å²) in [7, 11) is 0. The summed E-state index contributed by atoms with van der Waals surface area (Å²) >= 11 is 0. The van der Waals surface area contributed by atoms with Crippen molar-refractivity contribution in [2.24, 2.45) is 5.92 Å². The zero-order valence-electron chi connectivity index (χ0n) is 9.96. The van der Waals surface area contributed by atoms with Crippen LogP contribution in [0.2, 0.25) is 0 Å². The number of hydrogen-bond acceptors (Lipinski definition) is 1. The van der Waals surface area contributed by atoms with Crippen LogP contribution in [-0.4, -0.2) is 6.54 Å². The Hall–Kier alpha value is -0.820. The van der Waals surface area contributed by atoms with Crippen molar-refractivity contribution in [3.63, 3.8) is 0 Å². The van der Waals surface area contributed by atoms with Crippen LogP contribution >= 0.6 is 0 Å². The Balaban J connectivity index is 2.11. The molecule has 0 amide bonds. The van der Waals surface area contributed by atoms with Crippen molar-refractivity contribution in [3.05, 3.63) is 35.4 Å². The maximum absolute atomic E-state index is 3.67. The lowest BCUT2D eigenvalue weighted by molar-refractivity contribution is 0.458. The summed E-state index contributed by atoms with van der Waals surface area (Å²) in [5.74, 6) is 1.44. The molecule has 1 N–H and O–H groups in total. The molecule has 2 atom stereocenters. The summed E-state index contributed by atoms with van der Waals surface area (Å²) in [5.41, 5.74) is 3.06. The lowest BCUT2D eigenvalue weighted by Crippen LogP contribution is -2.23. The SMILES string of the molecule is CC(C)CNC1CC(C)c2ccccc21. The molecule has 0 saturated carbocycles. The summed E-state index contributed by atoms with van der Waals surface area (Å²) in [5, 5.41) is 3.67. The monoisotopic (exact) mass is 203 g/mol. The Morgan fingerprint density at radius 3 is 2.60 bits per heavy atom. The second-order valence-corrected chi connectivity index (χ2v) is 5.12. The molecular formula is C14H21N. The maximum atomic E-state index is 3.67. The molecule has 1 nitrogen and oxygen atoms in total. The predicted molar refractivity (Wildman–Crippen MR) is 65.1 cm³/mol. The number of rotatable bonds is 3. The molecule has 0 bridgehead atoms. The largest absolute Gasteiger partial charge is 0.310 e. The third-order valence-corrected chi connectivity index (χ3v) is 3.26. The van der Waals surface area contributed by atoms with E-state index in [2.05, 4.69) is 50.4 Å². The Labute approximate surface area is 92.9 Å². The van der Waals surface area contributed by atoms with Crippen LogP contribution in [0, 0.1) is 5.92 Å². The first-order valence-corrected chi connectivity index (χ1v) is 6.00. The van der Waals surface area contributed by atoms with Gasteiger partial charge in [0.2, 0.25) is 0 Å². The minimum Gasteiger partial charge on any atom is -0.310 e. The van der Waals surface area contributed by atoms with E-state index >= 15 is 0 Å². The molecule has 0 radical (unpaired) electrons. The summed E-state index contributed by atoms with van der Waals surface area (Å²) in [6, 6.07) is 9.44. The molecule has 2 unspecified atom stereocenters. The topological polar surface area (TPSA) is 12.0 Å². The highest BCUT2D eigenvalue weighted by Gasteiger charge is 2.26. The molecule has 1 aliphatic carbocycles. The third kappa shape index (κ3) is 2.23. The standard InChI is InChI=1S/C14H21N/c1-10(2)9-15-14-8-11(3)12-6-4-5-7-13(12)14/h4-7,10-11,14-15H,8-9H2,1-3H3. The van der Waals surface area contributed by atoms with E-state index in [1.807, 2.05) is 0 Å². The van der Waals surface area contributed by atoms with Crippen LogP contribution in [0.4, 0.5) is 0 Å². The van der Waals surface area contributed by atoms with E-state index in [0.29, 0.717) is 12.0 Å². The van der Waals surface area contributed by atoms with Gasteiger partial charge in [-0.25, -0.2) is 0 Å². The number of hydrogen-bond donors (Lipinski definition) is 1. The van der Waals surface area contributed by atoms with E-state index in [1.165, 1.54) is 12.0 Å². The lowest BCUT2D eigenvalue weighted by atomic mass is 10.0. The average molecular weight is 203 g/mol. The predicted octanol–water partition coefficient (Wildman–Crippen LogP) is 3.48. The van der Waals surface area contributed by atoms with Gasteiger partial charge in [-0.3, -0.25) is 0 Å². The van der Waals surface area contributed by atoms with Crippen LogP contribution in [-0.2, 0) is 0 Å². The first-order valence-electron chi connectivity index (χ1n) is 6.00. The van der Waals surface area contributed by atoms with E-state index in [-0.39, 0.29) is 0 Å². The molecular weight excluding hydrogens is 182 g/mol. The second kappa shape index (κ2) is 4.36. The van der Waals surface area contributed by atoms with E-state index in [1.54, 1.807) is 5.56 Å². The quantitative estimate of drug-likeness (QED) is 0.793. The normalized spacial score (nSPS) is 24.5. The van der Waals surface area contributed by atoms with Crippen molar-refractivity contribution in [2.75, 3.05) is 6.54 Å². The molecule has 1 aromatic carbocycles. The lowest BCUT2D eigenvalue weighted by Gasteiger charge is -2.15. The molecule has 15 heavy (non-hydrogen) atoms. The molecule has 82 valence electrons. The van der Waals surface area contributed by atoms with Gasteiger partial charge >= 0.3 is 0 Å². The summed E-state index contributed by atoms with van der Waals surface area (Å²) in [4.78, 5) is 0. The van der Waals surface area contributed by atoms with Gasteiger partial charge in [0, 0.05) is 6.04 Å². The van der Waals surface area contributed by atoms with Gasteiger partial charge in [-0.2, -0.15) is 0 Å². The minimum atomic E-state index is 0.582. The Bertz CT molecular complexity index is 330. The first-order chi connectivity index (χ1) is 7.18. The zero-order chi connectivity index (χ0) is 10.8. The van der Waals surface area contributed by atoms with Gasteiger partial charge in [-0.15, -0.1) is 0 Å². The molecule has 0 heterocycles. The average Bonchev–Trinajstić information content (AvgIpc) is 2.54. The van der Waals surface area contributed by atoms with Crippen LogP contribution in [0.25, 0.3) is 0 Å².